The minimum atomic E-state index is 0.130. The van der Waals surface area contributed by atoms with Crippen LogP contribution in [0.5, 0.6) is 5.75 Å². The quantitative estimate of drug-likeness (QED) is 0.313. The number of aryl methyl sites for hydroxylation is 1. The van der Waals surface area contributed by atoms with Crippen LogP contribution in [0.15, 0.2) is 40.9 Å². The highest BCUT2D eigenvalue weighted by Gasteiger charge is 2.59. The molecule has 2 aromatic carbocycles. The zero-order chi connectivity index (χ0) is 22.8. The fourth-order valence-electron chi connectivity index (χ4n) is 5.58. The standard InChI is InChI=1S/C27H32BrNO3/c1-16-11-12-19(15-25(16)32-3)29-27(31)26-22-13-18(14-23(22)26)7-4-5-8-21-20(17(2)30)9-6-10-24(21)28/h6,9-12,15,18,22-23,26H,4-5,7-8,13-14H2,1-3H3,(H,29,31). The van der Waals surface area contributed by atoms with Crippen molar-refractivity contribution in [2.75, 3.05) is 12.4 Å². The van der Waals surface area contributed by atoms with E-state index in [-0.39, 0.29) is 17.6 Å². The van der Waals surface area contributed by atoms with Crippen molar-refractivity contribution in [3.63, 3.8) is 0 Å². The van der Waals surface area contributed by atoms with Gasteiger partial charge in [-0.2, -0.15) is 0 Å². The summed E-state index contributed by atoms with van der Waals surface area (Å²) in [5, 5.41) is 3.09. The van der Waals surface area contributed by atoms with Crippen LogP contribution < -0.4 is 10.1 Å². The van der Waals surface area contributed by atoms with Crippen LogP contribution in [0, 0.1) is 30.6 Å². The molecule has 4 nitrogen and oxygen atoms in total. The lowest BCUT2D eigenvalue weighted by Crippen LogP contribution is -2.18. The first-order chi connectivity index (χ1) is 15.4. The van der Waals surface area contributed by atoms with E-state index in [0.717, 1.165) is 51.4 Å². The van der Waals surface area contributed by atoms with Crippen molar-refractivity contribution in [1.82, 2.24) is 0 Å². The fourth-order valence-corrected chi connectivity index (χ4v) is 6.14. The highest BCUT2D eigenvalue weighted by Crippen LogP contribution is 2.60. The molecule has 1 amide bonds. The summed E-state index contributed by atoms with van der Waals surface area (Å²) in [4.78, 5) is 24.6. The molecule has 0 saturated heterocycles. The lowest BCUT2D eigenvalue weighted by molar-refractivity contribution is -0.118. The van der Waals surface area contributed by atoms with Crippen molar-refractivity contribution in [3.8, 4) is 5.75 Å². The van der Waals surface area contributed by atoms with Crippen LogP contribution in [0.25, 0.3) is 0 Å². The van der Waals surface area contributed by atoms with E-state index in [4.69, 9.17) is 4.74 Å². The molecule has 2 unspecified atom stereocenters. The molecule has 0 radical (unpaired) electrons. The Morgan fingerprint density at radius 1 is 1.12 bits per heavy atom. The number of rotatable bonds is 9. The maximum atomic E-state index is 12.7. The second kappa shape index (κ2) is 9.78. The number of Topliss-reactive ketones (excluding diaryl/α,β-unsaturated/α-hetero) is 1. The van der Waals surface area contributed by atoms with Crippen molar-refractivity contribution in [2.45, 2.75) is 52.4 Å². The van der Waals surface area contributed by atoms with Gasteiger partial charge in [0.05, 0.1) is 7.11 Å². The number of anilines is 1. The molecular formula is C27H32BrNO3. The van der Waals surface area contributed by atoms with E-state index >= 15 is 0 Å². The molecule has 170 valence electrons. The molecular weight excluding hydrogens is 466 g/mol. The Balaban J connectivity index is 1.20. The highest BCUT2D eigenvalue weighted by molar-refractivity contribution is 9.10. The molecule has 1 N–H and O–H groups in total. The molecule has 32 heavy (non-hydrogen) atoms. The van der Waals surface area contributed by atoms with Crippen LogP contribution in [0.4, 0.5) is 5.69 Å². The van der Waals surface area contributed by atoms with Gasteiger partial charge in [-0.3, -0.25) is 9.59 Å². The van der Waals surface area contributed by atoms with Crippen LogP contribution in [0.3, 0.4) is 0 Å². The molecule has 2 aliphatic rings. The predicted molar refractivity (Wildman–Crippen MR) is 131 cm³/mol. The fraction of sp³-hybridized carbons (Fsp3) is 0.481. The van der Waals surface area contributed by atoms with Gasteiger partial charge in [0.25, 0.3) is 0 Å². The van der Waals surface area contributed by atoms with Crippen LogP contribution >= 0.6 is 15.9 Å². The van der Waals surface area contributed by atoms with Gasteiger partial charge in [-0.1, -0.05) is 47.0 Å². The summed E-state index contributed by atoms with van der Waals surface area (Å²) >= 11 is 3.61. The van der Waals surface area contributed by atoms with Gasteiger partial charge in [0.1, 0.15) is 5.75 Å². The maximum Gasteiger partial charge on any atom is 0.228 e. The second-order valence-corrected chi connectivity index (χ2v) is 10.3. The van der Waals surface area contributed by atoms with Crippen molar-refractivity contribution in [2.24, 2.45) is 23.7 Å². The molecule has 0 aromatic heterocycles. The number of nitrogens with one attached hydrogen (secondary N) is 1. The number of unbranched alkanes of at least 4 members (excludes halogenated alkanes) is 1. The molecule has 0 bridgehead atoms. The van der Waals surface area contributed by atoms with Crippen LogP contribution in [0.2, 0.25) is 0 Å². The van der Waals surface area contributed by atoms with Crippen molar-refractivity contribution < 1.29 is 14.3 Å². The van der Waals surface area contributed by atoms with Gasteiger partial charge in [0.15, 0.2) is 5.78 Å². The van der Waals surface area contributed by atoms with Crippen LogP contribution in [-0.4, -0.2) is 18.8 Å². The molecule has 2 atom stereocenters. The van der Waals surface area contributed by atoms with Crippen molar-refractivity contribution >= 4 is 33.3 Å². The van der Waals surface area contributed by atoms with Gasteiger partial charge in [0.2, 0.25) is 5.91 Å². The first-order valence-electron chi connectivity index (χ1n) is 11.6. The maximum absolute atomic E-state index is 12.7. The number of fused-ring (bicyclic) bond motifs is 1. The molecule has 2 saturated carbocycles. The third-order valence-corrected chi connectivity index (χ3v) is 8.05. The van der Waals surface area contributed by atoms with Gasteiger partial charge < -0.3 is 10.1 Å². The third-order valence-electron chi connectivity index (χ3n) is 7.31. The topological polar surface area (TPSA) is 55.4 Å². The highest BCUT2D eigenvalue weighted by atomic mass is 79.9. The Kier molecular flexibility index (Phi) is 7.04. The number of amides is 1. The van der Waals surface area contributed by atoms with Crippen molar-refractivity contribution in [3.05, 3.63) is 57.6 Å². The molecule has 2 fully saturated rings. The molecule has 0 aliphatic heterocycles. The summed E-state index contributed by atoms with van der Waals surface area (Å²) in [5.41, 5.74) is 3.85. The smallest absolute Gasteiger partial charge is 0.228 e. The van der Waals surface area contributed by atoms with E-state index < -0.39 is 0 Å². The van der Waals surface area contributed by atoms with Gasteiger partial charge in [-0.25, -0.2) is 0 Å². The predicted octanol–water partition coefficient (Wildman–Crippen LogP) is 6.59. The number of ketones is 1. The summed E-state index contributed by atoms with van der Waals surface area (Å²) in [6.07, 6.45) is 6.76. The lowest BCUT2D eigenvalue weighted by atomic mass is 9.92. The molecule has 5 heteroatoms. The normalized spacial score (nSPS) is 23.5. The third kappa shape index (κ3) is 4.93. The Hall–Kier alpha value is -2.14. The molecule has 2 aromatic rings. The molecule has 2 aliphatic carbocycles. The number of halogens is 1. The molecule has 0 heterocycles. The minimum absolute atomic E-state index is 0.130. The Morgan fingerprint density at radius 2 is 1.88 bits per heavy atom. The Bertz CT molecular complexity index is 1010. The van der Waals surface area contributed by atoms with Gasteiger partial charge >= 0.3 is 0 Å². The number of methoxy groups -OCH3 is 1. The van der Waals surface area contributed by atoms with Crippen molar-refractivity contribution in [1.29, 1.82) is 0 Å². The van der Waals surface area contributed by atoms with E-state index in [1.54, 1.807) is 14.0 Å². The van der Waals surface area contributed by atoms with Crippen LogP contribution in [0.1, 0.15) is 60.5 Å². The van der Waals surface area contributed by atoms with E-state index in [0.29, 0.717) is 11.8 Å². The van der Waals surface area contributed by atoms with Crippen LogP contribution in [-0.2, 0) is 11.2 Å². The zero-order valence-electron chi connectivity index (χ0n) is 19.1. The van der Waals surface area contributed by atoms with Gasteiger partial charge in [0, 0.05) is 27.7 Å². The number of carbonyl (C=O) groups excluding carboxylic acids is 2. The largest absolute Gasteiger partial charge is 0.496 e. The monoisotopic (exact) mass is 497 g/mol. The number of hydrogen-bond acceptors (Lipinski definition) is 3. The zero-order valence-corrected chi connectivity index (χ0v) is 20.7. The average molecular weight is 498 g/mol. The van der Waals surface area contributed by atoms with E-state index in [2.05, 4.69) is 21.2 Å². The first-order valence-corrected chi connectivity index (χ1v) is 12.4. The van der Waals surface area contributed by atoms with Gasteiger partial charge in [-0.15, -0.1) is 0 Å². The number of benzene rings is 2. The number of carbonyl (C=O) groups is 2. The van der Waals surface area contributed by atoms with E-state index in [9.17, 15) is 9.59 Å². The SMILES string of the molecule is COc1cc(NC(=O)C2C3CC(CCCCc4c(Br)cccc4C(C)=O)CC32)ccc1C. The number of ether oxygens (including phenoxy) is 1. The second-order valence-electron chi connectivity index (χ2n) is 9.43. The first kappa shape index (κ1) is 23.0. The Morgan fingerprint density at radius 3 is 2.56 bits per heavy atom. The van der Waals surface area contributed by atoms with E-state index in [1.165, 1.54) is 25.7 Å². The molecule has 0 spiro atoms. The lowest BCUT2D eigenvalue weighted by Gasteiger charge is -2.15. The van der Waals surface area contributed by atoms with Gasteiger partial charge in [-0.05, 0) is 80.5 Å². The summed E-state index contributed by atoms with van der Waals surface area (Å²) < 4.78 is 6.40. The summed E-state index contributed by atoms with van der Waals surface area (Å²) in [7, 11) is 1.65. The Labute approximate surface area is 199 Å². The average Bonchev–Trinajstić information content (AvgIpc) is 3.28. The number of hydrogen-bond donors (Lipinski definition) is 1. The minimum Gasteiger partial charge on any atom is -0.496 e. The summed E-state index contributed by atoms with van der Waals surface area (Å²) in [5.74, 6) is 3.12. The molecule has 4 rings (SSSR count). The summed E-state index contributed by atoms with van der Waals surface area (Å²) in [6, 6.07) is 11.7. The van der Waals surface area contributed by atoms with E-state index in [1.807, 2.05) is 43.3 Å². The summed E-state index contributed by atoms with van der Waals surface area (Å²) in [6.45, 7) is 3.63.